The lowest BCUT2D eigenvalue weighted by molar-refractivity contribution is -0.162. The van der Waals surface area contributed by atoms with Gasteiger partial charge in [-0.15, -0.1) is 0 Å². The summed E-state index contributed by atoms with van der Waals surface area (Å²) in [5.41, 5.74) is -0.228. The third kappa shape index (κ3) is 3.03. The van der Waals surface area contributed by atoms with E-state index in [0.717, 1.165) is 25.7 Å². The molecule has 2 rings (SSSR count). The second kappa shape index (κ2) is 5.67. The summed E-state index contributed by atoms with van der Waals surface area (Å²) in [4.78, 5) is 15.3. The van der Waals surface area contributed by atoms with Gasteiger partial charge in [-0.3, -0.25) is 4.79 Å². The smallest absolute Gasteiger partial charge is 0.226 e. The zero-order valence-corrected chi connectivity index (χ0v) is 13.9. The van der Waals surface area contributed by atoms with Crippen LogP contribution in [-0.2, 0) is 9.53 Å². The van der Waals surface area contributed by atoms with Crippen molar-refractivity contribution in [2.24, 2.45) is 5.92 Å². The van der Waals surface area contributed by atoms with E-state index in [1.165, 1.54) is 19.3 Å². The number of carbonyl (C=O) groups is 1. The Bertz CT molecular complexity index is 338. The monoisotopic (exact) mass is 281 g/mol. The Morgan fingerprint density at radius 3 is 1.95 bits per heavy atom. The average molecular weight is 281 g/mol. The molecule has 1 aliphatic heterocycles. The van der Waals surface area contributed by atoms with E-state index in [2.05, 4.69) is 32.6 Å². The molecule has 0 atom stereocenters. The first kappa shape index (κ1) is 15.8. The molecule has 2 fully saturated rings. The van der Waals surface area contributed by atoms with Gasteiger partial charge in [0.05, 0.1) is 6.10 Å². The summed E-state index contributed by atoms with van der Waals surface area (Å²) < 4.78 is 5.60. The molecule has 3 nitrogen and oxygen atoms in total. The summed E-state index contributed by atoms with van der Waals surface area (Å²) in [5, 5.41) is 0. The molecule has 1 saturated carbocycles. The first-order valence-corrected chi connectivity index (χ1v) is 8.15. The van der Waals surface area contributed by atoms with Gasteiger partial charge in [0, 0.05) is 24.1 Å². The Kier molecular flexibility index (Phi) is 4.48. The van der Waals surface area contributed by atoms with Gasteiger partial charge in [-0.2, -0.15) is 0 Å². The predicted molar refractivity (Wildman–Crippen MR) is 81.6 cm³/mol. The minimum absolute atomic E-state index is 0.114. The lowest BCUT2D eigenvalue weighted by atomic mass is 9.76. The van der Waals surface area contributed by atoms with Crippen molar-refractivity contribution in [2.75, 3.05) is 7.11 Å². The molecule has 3 heteroatoms. The van der Waals surface area contributed by atoms with E-state index in [-0.39, 0.29) is 23.1 Å². The molecule has 0 aromatic carbocycles. The van der Waals surface area contributed by atoms with E-state index < -0.39 is 0 Å². The van der Waals surface area contributed by atoms with E-state index in [9.17, 15) is 4.79 Å². The van der Waals surface area contributed by atoms with Gasteiger partial charge in [-0.05, 0) is 53.4 Å². The fourth-order valence-electron chi connectivity index (χ4n) is 4.48. The van der Waals surface area contributed by atoms with Crippen molar-refractivity contribution in [3.63, 3.8) is 0 Å². The highest BCUT2D eigenvalue weighted by Gasteiger charge is 2.49. The number of hydrogen-bond acceptors (Lipinski definition) is 2. The highest BCUT2D eigenvalue weighted by molar-refractivity contribution is 5.80. The number of nitrogens with zero attached hydrogens (tertiary/aromatic N) is 1. The van der Waals surface area contributed by atoms with Crippen molar-refractivity contribution in [2.45, 2.75) is 89.8 Å². The molecule has 116 valence electrons. The number of methoxy groups -OCH3 is 1. The second-order valence-electron chi connectivity index (χ2n) is 7.90. The normalized spacial score (nSPS) is 27.6. The lowest BCUT2D eigenvalue weighted by Crippen LogP contribution is -2.65. The molecule has 0 radical (unpaired) electrons. The van der Waals surface area contributed by atoms with Gasteiger partial charge >= 0.3 is 0 Å². The van der Waals surface area contributed by atoms with Crippen LogP contribution in [0.25, 0.3) is 0 Å². The maximum Gasteiger partial charge on any atom is 0.226 e. The van der Waals surface area contributed by atoms with Crippen molar-refractivity contribution in [3.05, 3.63) is 0 Å². The number of ether oxygens (including phenoxy) is 1. The number of amides is 1. The minimum Gasteiger partial charge on any atom is -0.381 e. The molecule has 0 unspecified atom stereocenters. The van der Waals surface area contributed by atoms with Crippen molar-refractivity contribution in [1.29, 1.82) is 0 Å². The number of likely N-dealkylation sites (tertiary alicyclic amines) is 1. The van der Waals surface area contributed by atoms with Crippen LogP contribution in [0.2, 0.25) is 0 Å². The van der Waals surface area contributed by atoms with Crippen LogP contribution >= 0.6 is 0 Å². The SMILES string of the molecule is COC1CC(C)(C)N(C(=O)C2CCCCC2)C(C)(C)C1. The molecule has 0 N–H and O–H groups in total. The molecule has 0 spiro atoms. The highest BCUT2D eigenvalue weighted by Crippen LogP contribution is 2.41. The van der Waals surface area contributed by atoms with Crippen molar-refractivity contribution in [1.82, 2.24) is 4.90 Å². The summed E-state index contributed by atoms with van der Waals surface area (Å²) in [6, 6.07) is 0. The standard InChI is InChI=1S/C17H31NO2/c1-16(2)11-14(20-5)12-17(3,4)18(16)15(19)13-9-7-6-8-10-13/h13-14H,6-12H2,1-5H3. The van der Waals surface area contributed by atoms with E-state index in [4.69, 9.17) is 4.74 Å². The van der Waals surface area contributed by atoms with Crippen LogP contribution in [0.3, 0.4) is 0 Å². The molecule has 0 aromatic heterocycles. The highest BCUT2D eigenvalue weighted by atomic mass is 16.5. The summed E-state index contributed by atoms with van der Waals surface area (Å²) in [6.07, 6.45) is 8.01. The van der Waals surface area contributed by atoms with Gasteiger partial charge in [-0.1, -0.05) is 19.3 Å². The zero-order valence-electron chi connectivity index (χ0n) is 13.9. The fraction of sp³-hybridized carbons (Fsp3) is 0.941. The van der Waals surface area contributed by atoms with E-state index in [1.54, 1.807) is 7.11 Å². The zero-order chi connectivity index (χ0) is 15.0. The molecule has 0 bridgehead atoms. The van der Waals surface area contributed by atoms with Gasteiger partial charge in [-0.25, -0.2) is 0 Å². The minimum atomic E-state index is -0.114. The molecule has 1 heterocycles. The maximum atomic E-state index is 13.1. The van der Waals surface area contributed by atoms with Crippen LogP contribution in [0.5, 0.6) is 0 Å². The first-order valence-electron chi connectivity index (χ1n) is 8.15. The molecule has 1 aliphatic carbocycles. The van der Waals surface area contributed by atoms with Crippen LogP contribution in [0.4, 0.5) is 0 Å². The van der Waals surface area contributed by atoms with Gasteiger partial charge in [0.1, 0.15) is 0 Å². The molecule has 0 aromatic rings. The van der Waals surface area contributed by atoms with Gasteiger partial charge < -0.3 is 9.64 Å². The van der Waals surface area contributed by atoms with Crippen molar-refractivity contribution >= 4 is 5.91 Å². The Balaban J connectivity index is 2.20. The topological polar surface area (TPSA) is 29.5 Å². The predicted octanol–water partition coefficient (Wildman–Crippen LogP) is 3.76. The Morgan fingerprint density at radius 2 is 1.50 bits per heavy atom. The van der Waals surface area contributed by atoms with Crippen LogP contribution in [0.1, 0.15) is 72.6 Å². The quantitative estimate of drug-likeness (QED) is 0.771. The average Bonchev–Trinajstić information content (AvgIpc) is 2.36. The summed E-state index contributed by atoms with van der Waals surface area (Å²) in [7, 11) is 1.79. The van der Waals surface area contributed by atoms with Crippen molar-refractivity contribution < 1.29 is 9.53 Å². The van der Waals surface area contributed by atoms with Gasteiger partial charge in [0.15, 0.2) is 0 Å². The molecular weight excluding hydrogens is 250 g/mol. The summed E-state index contributed by atoms with van der Waals surface area (Å²) in [6.45, 7) is 8.78. The van der Waals surface area contributed by atoms with Crippen LogP contribution < -0.4 is 0 Å². The fourth-order valence-corrected chi connectivity index (χ4v) is 4.48. The van der Waals surface area contributed by atoms with Gasteiger partial charge in [0.25, 0.3) is 0 Å². The van der Waals surface area contributed by atoms with E-state index in [0.29, 0.717) is 5.91 Å². The molecule has 1 amide bonds. The second-order valence-corrected chi connectivity index (χ2v) is 7.90. The lowest BCUT2D eigenvalue weighted by Gasteiger charge is -2.56. The summed E-state index contributed by atoms with van der Waals surface area (Å²) >= 11 is 0. The Hall–Kier alpha value is -0.570. The van der Waals surface area contributed by atoms with Crippen LogP contribution in [0, 0.1) is 5.92 Å². The van der Waals surface area contributed by atoms with Crippen LogP contribution in [-0.4, -0.2) is 35.1 Å². The number of hydrogen-bond donors (Lipinski definition) is 0. The van der Waals surface area contributed by atoms with E-state index in [1.807, 2.05) is 0 Å². The Labute approximate surface area is 124 Å². The van der Waals surface area contributed by atoms with Crippen LogP contribution in [0.15, 0.2) is 0 Å². The maximum absolute atomic E-state index is 13.1. The summed E-state index contributed by atoms with van der Waals surface area (Å²) in [5.74, 6) is 0.635. The first-order chi connectivity index (χ1) is 9.28. The van der Waals surface area contributed by atoms with Crippen molar-refractivity contribution in [3.8, 4) is 0 Å². The number of piperidine rings is 1. The van der Waals surface area contributed by atoms with Gasteiger partial charge in [0.2, 0.25) is 5.91 Å². The van der Waals surface area contributed by atoms with E-state index >= 15 is 0 Å². The third-order valence-corrected chi connectivity index (χ3v) is 5.17. The molecule has 20 heavy (non-hydrogen) atoms. The number of rotatable bonds is 2. The molecular formula is C17H31NO2. The number of carbonyl (C=O) groups excluding carboxylic acids is 1. The molecule has 1 saturated heterocycles. The largest absolute Gasteiger partial charge is 0.381 e. The molecule has 2 aliphatic rings. The Morgan fingerprint density at radius 1 is 1.00 bits per heavy atom. The third-order valence-electron chi connectivity index (χ3n) is 5.17.